The number of hydrogen-bond acceptors (Lipinski definition) is 4. The molecule has 1 fully saturated rings. The van der Waals surface area contributed by atoms with Gasteiger partial charge in [-0.2, -0.15) is 0 Å². The highest BCUT2D eigenvalue weighted by atomic mass is 32.1. The molecule has 0 bridgehead atoms. The minimum atomic E-state index is 0.528. The number of aryl methyl sites for hydroxylation is 1. The van der Waals surface area contributed by atoms with Gasteiger partial charge in [0.1, 0.15) is 0 Å². The normalized spacial score (nSPS) is 18.5. The summed E-state index contributed by atoms with van der Waals surface area (Å²) in [6.45, 7) is 14.6. The van der Waals surface area contributed by atoms with E-state index in [4.69, 9.17) is 4.98 Å². The molecule has 4 heteroatoms. The number of piperidine rings is 1. The highest BCUT2D eigenvalue weighted by molar-refractivity contribution is 7.15. The van der Waals surface area contributed by atoms with Gasteiger partial charge in [-0.3, -0.25) is 0 Å². The molecule has 0 amide bonds. The molecule has 2 rings (SSSR count). The van der Waals surface area contributed by atoms with E-state index >= 15 is 0 Å². The van der Waals surface area contributed by atoms with Crippen LogP contribution >= 0.6 is 11.3 Å². The number of anilines is 1. The molecule has 0 saturated carbocycles. The Morgan fingerprint density at radius 2 is 1.95 bits per heavy atom. The molecule has 0 aliphatic carbocycles. The highest BCUT2D eigenvalue weighted by Crippen LogP contribution is 2.37. The average Bonchev–Trinajstić information content (AvgIpc) is 2.89. The van der Waals surface area contributed by atoms with Crippen LogP contribution in [0.2, 0.25) is 0 Å². The van der Waals surface area contributed by atoms with Crippen molar-refractivity contribution in [3.63, 3.8) is 0 Å². The monoisotopic (exact) mass is 309 g/mol. The predicted octanol–water partition coefficient (Wildman–Crippen LogP) is 4.22. The Balaban J connectivity index is 2.04. The maximum Gasteiger partial charge on any atom is 0.185 e. The minimum Gasteiger partial charge on any atom is -0.348 e. The molecule has 1 aromatic rings. The topological polar surface area (TPSA) is 28.2 Å². The number of hydrogen-bond donors (Lipinski definition) is 1. The van der Waals surface area contributed by atoms with Crippen LogP contribution in [-0.2, 0) is 13.0 Å². The van der Waals surface area contributed by atoms with Crippen LogP contribution in [0, 0.1) is 5.41 Å². The third-order valence-corrected chi connectivity index (χ3v) is 6.03. The van der Waals surface area contributed by atoms with E-state index in [1.807, 2.05) is 11.3 Å². The van der Waals surface area contributed by atoms with Gasteiger partial charge in [0.15, 0.2) is 5.13 Å². The lowest BCUT2D eigenvalue weighted by atomic mass is 9.78. The van der Waals surface area contributed by atoms with E-state index in [1.54, 1.807) is 0 Å². The molecule has 0 radical (unpaired) electrons. The maximum atomic E-state index is 4.91. The molecule has 1 aromatic heterocycles. The van der Waals surface area contributed by atoms with Crippen LogP contribution in [0.4, 0.5) is 5.13 Å². The zero-order valence-electron chi connectivity index (χ0n) is 14.3. The molecule has 0 aromatic carbocycles. The van der Waals surface area contributed by atoms with E-state index in [1.165, 1.54) is 35.0 Å². The van der Waals surface area contributed by atoms with Gasteiger partial charge >= 0.3 is 0 Å². The van der Waals surface area contributed by atoms with Crippen LogP contribution in [-0.4, -0.2) is 24.1 Å². The lowest BCUT2D eigenvalue weighted by Gasteiger charge is -2.38. The zero-order valence-corrected chi connectivity index (χ0v) is 15.1. The second-order valence-electron chi connectivity index (χ2n) is 6.91. The quantitative estimate of drug-likeness (QED) is 0.853. The standard InChI is InChI=1S/C17H31N3S/c1-6-14-15(12-18-13(3)4)21-16(19-14)20-10-8-17(5,7-2)9-11-20/h13,18H,6-12H2,1-5H3. The van der Waals surface area contributed by atoms with Crippen molar-refractivity contribution in [3.8, 4) is 0 Å². The Morgan fingerprint density at radius 3 is 2.48 bits per heavy atom. The molecule has 1 aliphatic heterocycles. The van der Waals surface area contributed by atoms with E-state index in [2.05, 4.69) is 44.8 Å². The largest absolute Gasteiger partial charge is 0.348 e. The first-order chi connectivity index (χ1) is 9.97. The van der Waals surface area contributed by atoms with Gasteiger partial charge in [-0.15, -0.1) is 11.3 Å². The summed E-state index contributed by atoms with van der Waals surface area (Å²) in [5.41, 5.74) is 1.83. The number of aromatic nitrogens is 1. The summed E-state index contributed by atoms with van der Waals surface area (Å²) in [6, 6.07) is 0.528. The van der Waals surface area contributed by atoms with E-state index in [0.717, 1.165) is 26.1 Å². The summed E-state index contributed by atoms with van der Waals surface area (Å²) in [6.07, 6.45) is 4.92. The van der Waals surface area contributed by atoms with Gasteiger partial charge < -0.3 is 10.2 Å². The van der Waals surface area contributed by atoms with Gasteiger partial charge in [0.25, 0.3) is 0 Å². The predicted molar refractivity (Wildman–Crippen MR) is 93.3 cm³/mol. The average molecular weight is 310 g/mol. The van der Waals surface area contributed by atoms with E-state index in [-0.39, 0.29) is 0 Å². The first kappa shape index (κ1) is 16.8. The van der Waals surface area contributed by atoms with Gasteiger partial charge in [-0.05, 0) is 24.7 Å². The smallest absolute Gasteiger partial charge is 0.185 e. The van der Waals surface area contributed by atoms with Crippen molar-refractivity contribution in [2.24, 2.45) is 5.41 Å². The van der Waals surface area contributed by atoms with Crippen molar-refractivity contribution in [1.82, 2.24) is 10.3 Å². The van der Waals surface area contributed by atoms with Crippen LogP contribution in [0.25, 0.3) is 0 Å². The van der Waals surface area contributed by atoms with Crippen molar-refractivity contribution in [3.05, 3.63) is 10.6 Å². The second kappa shape index (κ2) is 7.10. The Kier molecular flexibility index (Phi) is 5.67. The first-order valence-electron chi connectivity index (χ1n) is 8.44. The summed E-state index contributed by atoms with van der Waals surface area (Å²) in [7, 11) is 0. The third kappa shape index (κ3) is 4.19. The Bertz CT molecular complexity index is 445. The van der Waals surface area contributed by atoms with Crippen molar-refractivity contribution in [2.45, 2.75) is 72.9 Å². The lowest BCUT2D eigenvalue weighted by molar-refractivity contribution is 0.238. The van der Waals surface area contributed by atoms with Crippen LogP contribution in [0.5, 0.6) is 0 Å². The molecule has 1 N–H and O–H groups in total. The van der Waals surface area contributed by atoms with Crippen LogP contribution in [0.15, 0.2) is 0 Å². The SMILES string of the molecule is CCc1nc(N2CCC(C)(CC)CC2)sc1CNC(C)C. The molecule has 0 spiro atoms. The fourth-order valence-electron chi connectivity index (χ4n) is 2.81. The summed E-state index contributed by atoms with van der Waals surface area (Å²) in [5, 5.41) is 4.77. The van der Waals surface area contributed by atoms with Crippen molar-refractivity contribution in [1.29, 1.82) is 0 Å². The molecule has 0 unspecified atom stereocenters. The van der Waals surface area contributed by atoms with E-state index in [0.29, 0.717) is 11.5 Å². The number of nitrogens with zero attached hydrogens (tertiary/aromatic N) is 2. The van der Waals surface area contributed by atoms with E-state index < -0.39 is 0 Å². The van der Waals surface area contributed by atoms with Crippen molar-refractivity contribution < 1.29 is 0 Å². The minimum absolute atomic E-state index is 0.528. The summed E-state index contributed by atoms with van der Waals surface area (Å²) in [5.74, 6) is 0. The summed E-state index contributed by atoms with van der Waals surface area (Å²) < 4.78 is 0. The number of nitrogens with one attached hydrogen (secondary N) is 1. The van der Waals surface area contributed by atoms with Gasteiger partial charge in [0.2, 0.25) is 0 Å². The van der Waals surface area contributed by atoms with Crippen LogP contribution < -0.4 is 10.2 Å². The molecule has 3 nitrogen and oxygen atoms in total. The molecule has 21 heavy (non-hydrogen) atoms. The lowest BCUT2D eigenvalue weighted by Crippen LogP contribution is -2.38. The molecular weight excluding hydrogens is 278 g/mol. The van der Waals surface area contributed by atoms with Crippen molar-refractivity contribution in [2.75, 3.05) is 18.0 Å². The summed E-state index contributed by atoms with van der Waals surface area (Å²) >= 11 is 1.89. The van der Waals surface area contributed by atoms with Gasteiger partial charge in [-0.1, -0.05) is 41.0 Å². The molecule has 2 heterocycles. The Morgan fingerprint density at radius 1 is 1.29 bits per heavy atom. The van der Waals surface area contributed by atoms with Gasteiger partial charge in [0.05, 0.1) is 5.69 Å². The highest BCUT2D eigenvalue weighted by Gasteiger charge is 2.29. The molecular formula is C17H31N3S. The first-order valence-corrected chi connectivity index (χ1v) is 9.26. The van der Waals surface area contributed by atoms with E-state index in [9.17, 15) is 0 Å². The van der Waals surface area contributed by atoms with Crippen LogP contribution in [0.3, 0.4) is 0 Å². The fraction of sp³-hybridized carbons (Fsp3) is 0.824. The number of rotatable bonds is 6. The molecule has 0 atom stereocenters. The third-order valence-electron chi connectivity index (χ3n) is 4.87. The van der Waals surface area contributed by atoms with Gasteiger partial charge in [-0.25, -0.2) is 4.98 Å². The second-order valence-corrected chi connectivity index (χ2v) is 7.97. The molecule has 120 valence electrons. The Hall–Kier alpha value is -0.610. The summed E-state index contributed by atoms with van der Waals surface area (Å²) in [4.78, 5) is 8.83. The van der Waals surface area contributed by atoms with Crippen molar-refractivity contribution >= 4 is 16.5 Å². The van der Waals surface area contributed by atoms with Gasteiger partial charge in [0, 0.05) is 30.6 Å². The fourth-order valence-corrected chi connectivity index (χ4v) is 3.96. The zero-order chi connectivity index (χ0) is 15.5. The van der Waals surface area contributed by atoms with Crippen LogP contribution in [0.1, 0.15) is 64.5 Å². The molecule has 1 aliphatic rings. The number of thiazole rings is 1. The Labute approximate surface area is 134 Å². The maximum absolute atomic E-state index is 4.91. The molecule has 1 saturated heterocycles.